The highest BCUT2D eigenvalue weighted by atomic mass is 28.4. The first-order valence-corrected chi connectivity index (χ1v) is 22.5. The molecule has 0 radical (unpaired) electrons. The molecule has 1 atom stereocenters. The second-order valence-corrected chi connectivity index (χ2v) is 21.2. The molecule has 27 heteroatoms. The molecular weight excluding hydrogens is 1000 g/mol. The fourth-order valence-corrected chi connectivity index (χ4v) is 11.2. The molecule has 0 heterocycles. The number of anilines is 1. The molecule has 2 aromatic rings. The lowest BCUT2D eigenvalue weighted by Crippen LogP contribution is -2.74. The molecule has 2 rings (SSSR count). The van der Waals surface area contributed by atoms with E-state index in [4.69, 9.17) is 18.6 Å². The van der Waals surface area contributed by atoms with Crippen LogP contribution in [0, 0.1) is 11.6 Å². The number of carbonyl (C=O) groups excluding carboxylic acids is 2. The number of esters is 1. The van der Waals surface area contributed by atoms with Crippen LogP contribution in [0.15, 0.2) is 65.8 Å². The van der Waals surface area contributed by atoms with Crippen molar-refractivity contribution in [2.24, 2.45) is 0 Å². The quantitative estimate of drug-likeness (QED) is 0.0282. The fraction of sp³-hybridized carbons (Fsp3) is 0.571. The molecule has 0 aromatic heterocycles. The van der Waals surface area contributed by atoms with Crippen molar-refractivity contribution < 1.29 is 112 Å². The minimum absolute atomic E-state index is 0.0349. The maximum atomic E-state index is 15.0. The van der Waals surface area contributed by atoms with E-state index in [-0.39, 0.29) is 24.3 Å². The normalized spacial score (nSPS) is 14.8. The van der Waals surface area contributed by atoms with Gasteiger partial charge < -0.3 is 18.6 Å². The number of hydrogen-bond donors (Lipinski definition) is 1. The first-order chi connectivity index (χ1) is 31.2. The predicted molar refractivity (Wildman–Crippen MR) is 212 cm³/mol. The monoisotopic (exact) mass is 1050 g/mol. The minimum atomic E-state index is -8.72. The Bertz CT molecular complexity index is 2120. The van der Waals surface area contributed by atoms with Gasteiger partial charge in [-0.25, -0.2) is 18.4 Å². The van der Waals surface area contributed by atoms with Crippen molar-refractivity contribution in [1.82, 2.24) is 0 Å². The van der Waals surface area contributed by atoms with E-state index in [1.165, 1.54) is 58.0 Å². The van der Waals surface area contributed by atoms with Crippen LogP contribution >= 0.6 is 0 Å². The minimum Gasteiger partial charge on any atom is -0.491 e. The second-order valence-electron chi connectivity index (χ2n) is 16.2. The van der Waals surface area contributed by atoms with Crippen LogP contribution in [-0.4, -0.2) is 87.8 Å². The molecule has 0 unspecified atom stereocenters. The van der Waals surface area contributed by atoms with Crippen molar-refractivity contribution in [3.8, 4) is 5.75 Å². The van der Waals surface area contributed by atoms with Crippen molar-refractivity contribution in [2.45, 2.75) is 132 Å². The Balaban J connectivity index is 2.34. The Morgan fingerprint density at radius 2 is 1.19 bits per heavy atom. The van der Waals surface area contributed by atoms with E-state index in [2.05, 4.69) is 5.32 Å². The molecule has 0 aliphatic heterocycles. The van der Waals surface area contributed by atoms with E-state index < -0.39 is 128 Å². The van der Waals surface area contributed by atoms with Gasteiger partial charge in [0.25, 0.3) is 0 Å². The topological polar surface area (TPSA) is 83.1 Å². The van der Waals surface area contributed by atoms with Crippen molar-refractivity contribution in [3.63, 3.8) is 0 Å². The van der Waals surface area contributed by atoms with Crippen molar-refractivity contribution in [3.05, 3.63) is 83.0 Å². The molecular formula is C42H46F19NO6Si. The summed E-state index contributed by atoms with van der Waals surface area (Å²) in [6.07, 6.45) is -10.0. The van der Waals surface area contributed by atoms with Gasteiger partial charge in [-0.2, -0.15) is 74.6 Å². The molecule has 0 bridgehead atoms. The summed E-state index contributed by atoms with van der Waals surface area (Å²) in [6.45, 7) is 9.00. The number of amides is 1. The van der Waals surface area contributed by atoms with Crippen molar-refractivity contribution in [1.29, 1.82) is 0 Å². The Labute approximate surface area is 383 Å². The predicted octanol–water partition coefficient (Wildman–Crippen LogP) is 14.7. The van der Waals surface area contributed by atoms with Crippen LogP contribution in [0.2, 0.25) is 17.1 Å². The van der Waals surface area contributed by atoms with Crippen LogP contribution in [-0.2, 0) is 18.7 Å². The third-order valence-electron chi connectivity index (χ3n) is 10.6. The van der Waals surface area contributed by atoms with Gasteiger partial charge in [0.05, 0.1) is 18.9 Å². The zero-order chi connectivity index (χ0) is 53.6. The lowest BCUT2D eigenvalue weighted by atomic mass is 9.88. The van der Waals surface area contributed by atoms with Gasteiger partial charge in [0, 0.05) is 25.0 Å². The lowest BCUT2D eigenvalue weighted by molar-refractivity contribution is -0.461. The highest BCUT2D eigenvalue weighted by Gasteiger charge is 2.95. The summed E-state index contributed by atoms with van der Waals surface area (Å²) in [5.41, 5.74) is -0.995. The van der Waals surface area contributed by atoms with E-state index >= 15 is 8.78 Å². The average Bonchev–Trinajstić information content (AvgIpc) is 3.20. The number of benzene rings is 2. The molecule has 1 N–H and O–H groups in total. The van der Waals surface area contributed by atoms with Crippen LogP contribution in [0.1, 0.15) is 73.0 Å². The summed E-state index contributed by atoms with van der Waals surface area (Å²) >= 11 is 0. The van der Waals surface area contributed by atoms with Crippen molar-refractivity contribution >= 4 is 26.1 Å². The fourth-order valence-electron chi connectivity index (χ4n) is 6.76. The average molecular weight is 1050 g/mol. The number of carbonyl (C=O) groups is 2. The van der Waals surface area contributed by atoms with Gasteiger partial charge in [-0.15, -0.1) is 0 Å². The number of hydrogen-bond acceptors (Lipinski definition) is 6. The summed E-state index contributed by atoms with van der Waals surface area (Å²) in [6, 6.07) is 6.38. The molecule has 0 saturated heterocycles. The van der Waals surface area contributed by atoms with Gasteiger partial charge in [0.2, 0.25) is 0 Å². The van der Waals surface area contributed by atoms with Gasteiger partial charge in [-0.05, 0) is 73.3 Å². The van der Waals surface area contributed by atoms with Crippen LogP contribution in [0.25, 0.3) is 0 Å². The van der Waals surface area contributed by atoms with E-state index in [9.17, 15) is 84.2 Å². The SMILES string of the molecule is CCOC(=O)/C=C(C)/C=C(\C)C[C@H](OC(=O)Nc1ccc(F)cc1F)c1ccc(OCCO[Si](CCC(F)(F)C(F)(F)C(F)(F)C(F)(F)C(F)(F)C(F)(F)C(F)(F)C(F)(F)F)(C(C)C)C(C)C)cc1. The van der Waals surface area contributed by atoms with Crippen LogP contribution < -0.4 is 10.1 Å². The van der Waals surface area contributed by atoms with E-state index in [1.54, 1.807) is 26.8 Å². The molecule has 0 aliphatic carbocycles. The van der Waals surface area contributed by atoms with Gasteiger partial charge in [0.1, 0.15) is 30.1 Å². The Hall–Kier alpha value is -4.69. The molecule has 392 valence electrons. The highest BCUT2D eigenvalue weighted by molar-refractivity contribution is 6.76. The van der Waals surface area contributed by atoms with Gasteiger partial charge >= 0.3 is 59.7 Å². The maximum Gasteiger partial charge on any atom is 0.460 e. The van der Waals surface area contributed by atoms with Crippen LogP contribution in [0.3, 0.4) is 0 Å². The smallest absolute Gasteiger partial charge is 0.460 e. The molecule has 0 saturated carbocycles. The first-order valence-electron chi connectivity index (χ1n) is 20.2. The Morgan fingerprint density at radius 3 is 1.67 bits per heavy atom. The summed E-state index contributed by atoms with van der Waals surface area (Å²) in [7, 11) is -4.06. The highest BCUT2D eigenvalue weighted by Crippen LogP contribution is 2.64. The molecule has 2 aromatic carbocycles. The van der Waals surface area contributed by atoms with Gasteiger partial charge in [0.15, 0.2) is 8.32 Å². The Morgan fingerprint density at radius 1 is 0.681 bits per heavy atom. The largest absolute Gasteiger partial charge is 0.491 e. The third-order valence-corrected chi connectivity index (χ3v) is 16.3. The van der Waals surface area contributed by atoms with Crippen LogP contribution in [0.4, 0.5) is 93.9 Å². The molecule has 0 aliphatic rings. The van der Waals surface area contributed by atoms with E-state index in [0.717, 1.165) is 12.1 Å². The summed E-state index contributed by atoms with van der Waals surface area (Å²) in [5.74, 6) is -59.6. The third kappa shape index (κ3) is 13.0. The van der Waals surface area contributed by atoms with Crippen molar-refractivity contribution in [2.75, 3.05) is 25.1 Å². The number of nitrogens with one attached hydrogen (secondary N) is 1. The number of rotatable bonds is 24. The van der Waals surface area contributed by atoms with E-state index in [1.807, 2.05) is 0 Å². The molecule has 7 nitrogen and oxygen atoms in total. The Kier molecular flexibility index (Phi) is 19.4. The summed E-state index contributed by atoms with van der Waals surface area (Å²) in [4.78, 5) is 24.7. The number of allylic oxidation sites excluding steroid dienone is 2. The number of ether oxygens (including phenoxy) is 3. The maximum absolute atomic E-state index is 15.0. The lowest BCUT2D eigenvalue weighted by Gasteiger charge is -2.44. The summed E-state index contributed by atoms with van der Waals surface area (Å²) < 4.78 is 286. The zero-order valence-electron chi connectivity index (χ0n) is 37.3. The molecule has 0 fully saturated rings. The first kappa shape index (κ1) is 60.4. The second kappa shape index (κ2) is 22.2. The van der Waals surface area contributed by atoms with E-state index in [0.29, 0.717) is 17.2 Å². The number of alkyl halides is 17. The molecule has 1 amide bonds. The number of halogens is 19. The zero-order valence-corrected chi connectivity index (χ0v) is 38.3. The van der Waals surface area contributed by atoms with Crippen LogP contribution in [0.5, 0.6) is 5.75 Å². The van der Waals surface area contributed by atoms with Gasteiger partial charge in [-0.1, -0.05) is 51.5 Å². The molecule has 0 spiro atoms. The summed E-state index contributed by atoms with van der Waals surface area (Å²) in [5, 5.41) is 2.14. The standard InChI is InChI=1S/C42H46F19NO6Si/c1-8-65-33(63)21-26(7)19-25(6)20-32(68-34(64)62-31-14-11-28(43)22-30(31)44)27-9-12-29(13-10-27)66-16-17-67-69(23(2)3,24(4)5)18-15-35(45,46)36(47,48)37(49,50)38(51,52)39(53,54)40(55,56)41(57,58)42(59,60)61/h9-14,19,21-24,32H,8,15-18,20H2,1-7H3,(H,62,64)/b25-19+,26-21+/t32-/m0/s1. The molecule has 69 heavy (non-hydrogen) atoms. The van der Waals surface area contributed by atoms with Gasteiger partial charge in [-0.3, -0.25) is 5.32 Å².